The molecule has 0 fully saturated rings. The number of aryl methyl sites for hydroxylation is 2. The van der Waals surface area contributed by atoms with Crippen LogP contribution in [-0.4, -0.2) is 29.1 Å². The first kappa shape index (κ1) is 20.7. The van der Waals surface area contributed by atoms with Crippen LogP contribution in [0.4, 0.5) is 5.69 Å². The third-order valence-corrected chi connectivity index (χ3v) is 6.11. The van der Waals surface area contributed by atoms with E-state index in [0.29, 0.717) is 5.56 Å². The first-order chi connectivity index (χ1) is 15.9. The minimum atomic E-state index is -0.350. The molecule has 0 spiro atoms. The van der Waals surface area contributed by atoms with Crippen LogP contribution in [0.3, 0.4) is 0 Å². The summed E-state index contributed by atoms with van der Waals surface area (Å²) in [6, 6.07) is 21.7. The van der Waals surface area contributed by atoms with E-state index in [4.69, 9.17) is 0 Å². The molecule has 0 aliphatic carbocycles. The van der Waals surface area contributed by atoms with E-state index in [1.165, 1.54) is 10.5 Å². The van der Waals surface area contributed by atoms with Gasteiger partial charge < -0.3 is 4.57 Å². The molecule has 1 N–H and O–H groups in total. The van der Waals surface area contributed by atoms with Crippen molar-refractivity contribution < 1.29 is 9.59 Å². The summed E-state index contributed by atoms with van der Waals surface area (Å²) in [5, 5.41) is 6.04. The molecule has 6 nitrogen and oxygen atoms in total. The molecule has 4 aromatic rings. The highest BCUT2D eigenvalue weighted by Gasteiger charge is 2.30. The van der Waals surface area contributed by atoms with Crippen molar-refractivity contribution in [2.75, 3.05) is 11.4 Å². The Labute approximate surface area is 192 Å². The number of hydrogen-bond acceptors (Lipinski definition) is 3. The number of hydrogen-bond donors (Lipinski definition) is 1. The highest BCUT2D eigenvalue weighted by atomic mass is 16.2. The van der Waals surface area contributed by atoms with E-state index < -0.39 is 0 Å². The van der Waals surface area contributed by atoms with Crippen molar-refractivity contribution in [1.29, 1.82) is 0 Å². The monoisotopic (exact) mass is 436 g/mol. The number of carbonyl (C=O) groups is 2. The molecule has 33 heavy (non-hydrogen) atoms. The van der Waals surface area contributed by atoms with Crippen LogP contribution in [0.2, 0.25) is 0 Å². The van der Waals surface area contributed by atoms with Crippen molar-refractivity contribution in [2.24, 2.45) is 5.10 Å². The van der Waals surface area contributed by atoms with Crippen LogP contribution >= 0.6 is 0 Å². The van der Waals surface area contributed by atoms with Crippen LogP contribution in [0.25, 0.3) is 16.5 Å². The Balaban J connectivity index is 1.30. The fourth-order valence-electron chi connectivity index (χ4n) is 4.50. The summed E-state index contributed by atoms with van der Waals surface area (Å²) in [6.45, 7) is 6.04. The molecule has 0 unspecified atom stereocenters. The molecule has 0 saturated heterocycles. The van der Waals surface area contributed by atoms with E-state index in [0.717, 1.165) is 39.1 Å². The second-order valence-corrected chi connectivity index (χ2v) is 8.36. The normalized spacial score (nSPS) is 12.8. The summed E-state index contributed by atoms with van der Waals surface area (Å²) in [5.74, 6) is -0.515. The second-order valence-electron chi connectivity index (χ2n) is 8.36. The van der Waals surface area contributed by atoms with Crippen molar-refractivity contribution in [3.63, 3.8) is 0 Å². The van der Waals surface area contributed by atoms with Gasteiger partial charge in [-0.25, -0.2) is 5.43 Å². The van der Waals surface area contributed by atoms with E-state index in [1.807, 2.05) is 50.2 Å². The SMILES string of the molecule is Cc1ccc(-n2c(C)cc(/C=N\NC(=O)CN3C(=O)c4cccc5cccc3c45)c2C)cc1. The molecule has 3 aromatic carbocycles. The molecule has 1 aromatic heterocycles. The molecule has 1 aliphatic rings. The summed E-state index contributed by atoms with van der Waals surface area (Å²) in [6.07, 6.45) is 1.65. The maximum Gasteiger partial charge on any atom is 0.260 e. The first-order valence-corrected chi connectivity index (χ1v) is 10.9. The fourth-order valence-corrected chi connectivity index (χ4v) is 4.50. The van der Waals surface area contributed by atoms with Crippen molar-refractivity contribution >= 4 is 34.5 Å². The Morgan fingerprint density at radius 3 is 2.48 bits per heavy atom. The number of nitrogens with one attached hydrogen (secondary N) is 1. The summed E-state index contributed by atoms with van der Waals surface area (Å²) in [5.41, 5.74) is 9.28. The van der Waals surface area contributed by atoms with Gasteiger partial charge in [-0.2, -0.15) is 5.10 Å². The molecule has 2 heterocycles. The molecule has 0 radical (unpaired) electrons. The van der Waals surface area contributed by atoms with Crippen LogP contribution < -0.4 is 10.3 Å². The number of hydrazone groups is 1. The maximum atomic E-state index is 12.9. The number of amides is 2. The summed E-state index contributed by atoms with van der Waals surface area (Å²) in [4.78, 5) is 27.0. The van der Waals surface area contributed by atoms with Gasteiger partial charge in [0.25, 0.3) is 11.8 Å². The minimum Gasteiger partial charge on any atom is -0.318 e. The van der Waals surface area contributed by atoms with Crippen molar-refractivity contribution in [2.45, 2.75) is 20.8 Å². The zero-order chi connectivity index (χ0) is 23.1. The van der Waals surface area contributed by atoms with Gasteiger partial charge in [-0.05, 0) is 56.5 Å². The molecular formula is C27H24N4O2. The van der Waals surface area contributed by atoms with E-state index in [-0.39, 0.29) is 18.4 Å². The van der Waals surface area contributed by atoms with Gasteiger partial charge in [-0.15, -0.1) is 0 Å². The molecule has 164 valence electrons. The van der Waals surface area contributed by atoms with Gasteiger partial charge in [0.05, 0.1) is 11.9 Å². The lowest BCUT2D eigenvalue weighted by Crippen LogP contribution is -2.37. The van der Waals surface area contributed by atoms with E-state index in [1.54, 1.807) is 12.3 Å². The van der Waals surface area contributed by atoms with Gasteiger partial charge in [-0.3, -0.25) is 14.5 Å². The molecule has 5 rings (SSSR count). The van der Waals surface area contributed by atoms with Crippen molar-refractivity contribution in [3.05, 3.63) is 94.8 Å². The van der Waals surface area contributed by atoms with Gasteiger partial charge in [0, 0.05) is 33.6 Å². The minimum absolute atomic E-state index is 0.0909. The third kappa shape index (κ3) is 3.59. The molecule has 0 bridgehead atoms. The lowest BCUT2D eigenvalue weighted by Gasteiger charge is -2.16. The Hall–Kier alpha value is -4.19. The van der Waals surface area contributed by atoms with Crippen LogP contribution in [0, 0.1) is 20.8 Å². The molecular weight excluding hydrogens is 412 g/mol. The Morgan fingerprint density at radius 1 is 1.00 bits per heavy atom. The Bertz CT molecular complexity index is 1430. The Morgan fingerprint density at radius 2 is 1.73 bits per heavy atom. The van der Waals surface area contributed by atoms with Crippen LogP contribution in [0.15, 0.2) is 71.8 Å². The standard InChI is InChI=1S/C27H24N4O2/c1-17-10-12-22(13-11-17)31-18(2)14-21(19(31)3)15-28-29-25(32)16-30-24-9-5-7-20-6-4-8-23(26(20)24)27(30)33/h4-15H,16H2,1-3H3,(H,29,32)/b28-15-. The van der Waals surface area contributed by atoms with Crippen LogP contribution in [0.5, 0.6) is 0 Å². The number of carbonyl (C=O) groups excluding carboxylic acids is 2. The quantitative estimate of drug-likeness (QED) is 0.365. The molecule has 0 saturated carbocycles. The van der Waals surface area contributed by atoms with Crippen molar-refractivity contribution in [3.8, 4) is 5.69 Å². The zero-order valence-electron chi connectivity index (χ0n) is 18.8. The molecule has 1 aliphatic heterocycles. The summed E-state index contributed by atoms with van der Waals surface area (Å²) in [7, 11) is 0. The summed E-state index contributed by atoms with van der Waals surface area (Å²) >= 11 is 0. The maximum absolute atomic E-state index is 12.9. The highest BCUT2D eigenvalue weighted by Crippen LogP contribution is 2.36. The topological polar surface area (TPSA) is 66.7 Å². The number of rotatable bonds is 5. The van der Waals surface area contributed by atoms with Crippen LogP contribution in [-0.2, 0) is 4.79 Å². The second kappa shape index (κ2) is 8.06. The average Bonchev–Trinajstić information content (AvgIpc) is 3.24. The largest absolute Gasteiger partial charge is 0.318 e. The van der Waals surface area contributed by atoms with Gasteiger partial charge >= 0.3 is 0 Å². The number of anilines is 1. The smallest absolute Gasteiger partial charge is 0.260 e. The van der Waals surface area contributed by atoms with Gasteiger partial charge in [0.2, 0.25) is 0 Å². The van der Waals surface area contributed by atoms with E-state index >= 15 is 0 Å². The number of aromatic nitrogens is 1. The lowest BCUT2D eigenvalue weighted by molar-refractivity contribution is -0.119. The van der Waals surface area contributed by atoms with E-state index in [2.05, 4.69) is 46.3 Å². The Kier molecular flexibility index (Phi) is 5.05. The van der Waals surface area contributed by atoms with Gasteiger partial charge in [0.15, 0.2) is 0 Å². The molecule has 0 atom stereocenters. The third-order valence-electron chi connectivity index (χ3n) is 6.11. The van der Waals surface area contributed by atoms with E-state index in [9.17, 15) is 9.59 Å². The van der Waals surface area contributed by atoms with Gasteiger partial charge in [-0.1, -0.05) is 42.0 Å². The first-order valence-electron chi connectivity index (χ1n) is 10.9. The molecule has 2 amide bonds. The number of benzene rings is 3. The van der Waals surface area contributed by atoms with Crippen LogP contribution in [0.1, 0.15) is 32.9 Å². The lowest BCUT2D eigenvalue weighted by atomic mass is 10.1. The highest BCUT2D eigenvalue weighted by molar-refractivity contribution is 6.26. The predicted molar refractivity (Wildman–Crippen MR) is 131 cm³/mol. The van der Waals surface area contributed by atoms with Gasteiger partial charge in [0.1, 0.15) is 6.54 Å². The zero-order valence-corrected chi connectivity index (χ0v) is 18.8. The van der Waals surface area contributed by atoms with Crippen molar-refractivity contribution in [1.82, 2.24) is 9.99 Å². The fraction of sp³-hybridized carbons (Fsp3) is 0.148. The summed E-state index contributed by atoms with van der Waals surface area (Å²) < 4.78 is 2.16. The number of nitrogens with zero attached hydrogens (tertiary/aromatic N) is 3. The molecule has 6 heteroatoms. The average molecular weight is 437 g/mol. The predicted octanol–water partition coefficient (Wildman–Crippen LogP) is 4.67.